The first-order valence-electron chi connectivity index (χ1n) is 7.47. The van der Waals surface area contributed by atoms with E-state index in [1.54, 1.807) is 0 Å². The predicted octanol–water partition coefficient (Wildman–Crippen LogP) is 3.90. The van der Waals surface area contributed by atoms with Crippen molar-refractivity contribution in [2.45, 2.75) is 71.8 Å². The molecule has 1 aromatic heterocycles. The Morgan fingerprint density at radius 2 is 2.16 bits per heavy atom. The monoisotopic (exact) mass is 264 g/mol. The molecule has 3 heteroatoms. The molecule has 0 radical (unpaired) electrons. The van der Waals surface area contributed by atoms with E-state index in [2.05, 4.69) is 44.9 Å². The van der Waals surface area contributed by atoms with Crippen LogP contribution in [0.15, 0.2) is 10.6 Å². The maximum Gasteiger partial charge on any atom is 0.195 e. The number of nitrogens with one attached hydrogen (secondary N) is 1. The van der Waals surface area contributed by atoms with Gasteiger partial charge < -0.3 is 9.73 Å². The van der Waals surface area contributed by atoms with E-state index in [0.717, 1.165) is 24.6 Å². The molecule has 19 heavy (non-hydrogen) atoms. The summed E-state index contributed by atoms with van der Waals surface area (Å²) in [7, 11) is 0. The highest BCUT2D eigenvalue weighted by molar-refractivity contribution is 5.09. The summed E-state index contributed by atoms with van der Waals surface area (Å²) < 4.78 is 5.97. The molecule has 0 saturated heterocycles. The molecule has 1 unspecified atom stereocenters. The van der Waals surface area contributed by atoms with Gasteiger partial charge in [0.15, 0.2) is 5.89 Å². The zero-order valence-corrected chi connectivity index (χ0v) is 13.0. The van der Waals surface area contributed by atoms with E-state index in [9.17, 15) is 0 Å². The molecule has 1 saturated carbocycles. The fraction of sp³-hybridized carbons (Fsp3) is 0.812. The third-order valence-electron chi connectivity index (χ3n) is 4.17. The van der Waals surface area contributed by atoms with Gasteiger partial charge in [0.1, 0.15) is 5.76 Å². The Morgan fingerprint density at radius 1 is 1.42 bits per heavy atom. The summed E-state index contributed by atoms with van der Waals surface area (Å²) in [6, 6.07) is 0. The Balaban J connectivity index is 1.92. The van der Waals surface area contributed by atoms with E-state index in [-0.39, 0.29) is 5.54 Å². The lowest BCUT2D eigenvalue weighted by molar-refractivity contribution is 0.287. The summed E-state index contributed by atoms with van der Waals surface area (Å²) in [4.78, 5) is 4.44. The zero-order chi connectivity index (χ0) is 14.1. The Labute approximate surface area is 117 Å². The molecule has 0 bridgehead atoms. The molecule has 1 atom stereocenters. The van der Waals surface area contributed by atoms with Crippen LogP contribution in [0.4, 0.5) is 0 Å². The molecule has 0 spiro atoms. The van der Waals surface area contributed by atoms with Gasteiger partial charge in [-0.15, -0.1) is 0 Å². The first-order chi connectivity index (χ1) is 8.78. The minimum atomic E-state index is 0.156. The summed E-state index contributed by atoms with van der Waals surface area (Å²) >= 11 is 0. The number of hydrogen-bond donors (Lipinski definition) is 1. The Hall–Kier alpha value is -0.830. The smallest absolute Gasteiger partial charge is 0.195 e. The van der Waals surface area contributed by atoms with Crippen molar-refractivity contribution in [2.75, 3.05) is 6.54 Å². The van der Waals surface area contributed by atoms with Crippen molar-refractivity contribution in [3.05, 3.63) is 17.8 Å². The summed E-state index contributed by atoms with van der Waals surface area (Å²) in [5.41, 5.74) is 0.517. The van der Waals surface area contributed by atoms with Crippen molar-refractivity contribution in [3.8, 4) is 0 Å². The average molecular weight is 264 g/mol. The molecule has 108 valence electrons. The SMILES string of the molecule is CC(C)(C)NCCc1ncc(C2CCCC2(C)C)o1. The maximum absolute atomic E-state index is 5.97. The Bertz CT molecular complexity index is 415. The fourth-order valence-electron chi connectivity index (χ4n) is 3.00. The molecule has 0 aliphatic heterocycles. The third-order valence-corrected chi connectivity index (χ3v) is 4.17. The van der Waals surface area contributed by atoms with Gasteiger partial charge in [-0.05, 0) is 39.0 Å². The fourth-order valence-corrected chi connectivity index (χ4v) is 3.00. The molecular formula is C16H28N2O. The summed E-state index contributed by atoms with van der Waals surface area (Å²) in [6.07, 6.45) is 6.65. The average Bonchev–Trinajstić information content (AvgIpc) is 2.82. The number of aromatic nitrogens is 1. The molecule has 0 amide bonds. The quantitative estimate of drug-likeness (QED) is 0.896. The third kappa shape index (κ3) is 3.82. The van der Waals surface area contributed by atoms with Gasteiger partial charge in [0.05, 0.1) is 6.20 Å². The largest absolute Gasteiger partial charge is 0.445 e. The second kappa shape index (κ2) is 5.28. The van der Waals surface area contributed by atoms with Crippen LogP contribution in [0.2, 0.25) is 0 Å². The van der Waals surface area contributed by atoms with Crippen molar-refractivity contribution < 1.29 is 4.42 Å². The Morgan fingerprint density at radius 3 is 2.74 bits per heavy atom. The normalized spacial score (nSPS) is 22.9. The topological polar surface area (TPSA) is 38.1 Å². The van der Waals surface area contributed by atoms with Crippen LogP contribution in [-0.2, 0) is 6.42 Å². The molecule has 3 nitrogen and oxygen atoms in total. The van der Waals surface area contributed by atoms with E-state index in [1.807, 2.05) is 6.20 Å². The second-order valence-electron chi connectivity index (χ2n) is 7.52. The van der Waals surface area contributed by atoms with Crippen molar-refractivity contribution in [1.29, 1.82) is 0 Å². The molecule has 1 fully saturated rings. The van der Waals surface area contributed by atoms with Crippen LogP contribution in [0, 0.1) is 5.41 Å². The summed E-state index contributed by atoms with van der Waals surface area (Å²) in [5.74, 6) is 2.51. The lowest BCUT2D eigenvalue weighted by Crippen LogP contribution is -2.37. The lowest BCUT2D eigenvalue weighted by Gasteiger charge is -2.24. The highest BCUT2D eigenvalue weighted by Gasteiger charge is 2.37. The zero-order valence-electron chi connectivity index (χ0n) is 13.0. The molecule has 1 heterocycles. The molecular weight excluding hydrogens is 236 g/mol. The van der Waals surface area contributed by atoms with Gasteiger partial charge in [-0.2, -0.15) is 0 Å². The van der Waals surface area contributed by atoms with E-state index in [0.29, 0.717) is 11.3 Å². The molecule has 2 rings (SSSR count). The number of oxazole rings is 1. The molecule has 1 N–H and O–H groups in total. The van der Waals surface area contributed by atoms with Crippen molar-refractivity contribution in [2.24, 2.45) is 5.41 Å². The van der Waals surface area contributed by atoms with Gasteiger partial charge >= 0.3 is 0 Å². The standard InChI is InChI=1S/C16H28N2O/c1-15(2,3)18-10-8-14-17-11-13(19-14)12-7-6-9-16(12,4)5/h11-12,18H,6-10H2,1-5H3. The predicted molar refractivity (Wildman–Crippen MR) is 78.3 cm³/mol. The number of rotatable bonds is 4. The second-order valence-corrected chi connectivity index (χ2v) is 7.52. The first-order valence-corrected chi connectivity index (χ1v) is 7.47. The van der Waals surface area contributed by atoms with E-state index in [4.69, 9.17) is 4.42 Å². The highest BCUT2D eigenvalue weighted by atomic mass is 16.4. The molecule has 1 aliphatic rings. The van der Waals surface area contributed by atoms with Crippen LogP contribution in [0.5, 0.6) is 0 Å². The minimum Gasteiger partial charge on any atom is -0.445 e. The van der Waals surface area contributed by atoms with Gasteiger partial charge in [0.25, 0.3) is 0 Å². The van der Waals surface area contributed by atoms with E-state index >= 15 is 0 Å². The van der Waals surface area contributed by atoms with Gasteiger partial charge in [-0.25, -0.2) is 4.98 Å². The molecule has 1 aromatic rings. The van der Waals surface area contributed by atoms with Crippen molar-refractivity contribution in [1.82, 2.24) is 10.3 Å². The maximum atomic E-state index is 5.97. The van der Waals surface area contributed by atoms with Gasteiger partial charge in [-0.1, -0.05) is 20.3 Å². The van der Waals surface area contributed by atoms with E-state index in [1.165, 1.54) is 19.3 Å². The van der Waals surface area contributed by atoms with Gasteiger partial charge in [-0.3, -0.25) is 0 Å². The van der Waals surface area contributed by atoms with Crippen molar-refractivity contribution in [3.63, 3.8) is 0 Å². The number of hydrogen-bond acceptors (Lipinski definition) is 3. The van der Waals surface area contributed by atoms with Crippen molar-refractivity contribution >= 4 is 0 Å². The van der Waals surface area contributed by atoms with Gasteiger partial charge in [0, 0.05) is 24.4 Å². The Kier molecular flexibility index (Phi) is 4.05. The minimum absolute atomic E-state index is 0.156. The summed E-state index contributed by atoms with van der Waals surface area (Å²) in [6.45, 7) is 12.1. The van der Waals surface area contributed by atoms with Gasteiger partial charge in [0.2, 0.25) is 0 Å². The first kappa shape index (κ1) is 14.6. The molecule has 1 aliphatic carbocycles. The van der Waals surface area contributed by atoms with Crippen LogP contribution in [-0.4, -0.2) is 17.1 Å². The summed E-state index contributed by atoms with van der Waals surface area (Å²) in [5, 5.41) is 3.47. The van der Waals surface area contributed by atoms with E-state index < -0.39 is 0 Å². The lowest BCUT2D eigenvalue weighted by atomic mass is 9.81. The van der Waals surface area contributed by atoms with Crippen LogP contribution < -0.4 is 5.32 Å². The van der Waals surface area contributed by atoms with Crippen LogP contribution >= 0.6 is 0 Å². The van der Waals surface area contributed by atoms with Crippen LogP contribution in [0.1, 0.15) is 71.5 Å². The highest BCUT2D eigenvalue weighted by Crippen LogP contribution is 2.48. The van der Waals surface area contributed by atoms with Crippen LogP contribution in [0.25, 0.3) is 0 Å². The number of nitrogens with zero attached hydrogens (tertiary/aromatic N) is 1. The van der Waals surface area contributed by atoms with Crippen LogP contribution in [0.3, 0.4) is 0 Å². The molecule has 0 aromatic carbocycles.